The van der Waals surface area contributed by atoms with Gasteiger partial charge in [0.25, 0.3) is 5.91 Å². The number of nitrogens with zero attached hydrogens (tertiary/aromatic N) is 2. The molecule has 7 nitrogen and oxygen atoms in total. The van der Waals surface area contributed by atoms with Gasteiger partial charge in [0.15, 0.2) is 0 Å². The normalized spacial score (nSPS) is 10.9. The zero-order valence-corrected chi connectivity index (χ0v) is 20.7. The number of para-hydroxylation sites is 1. The zero-order valence-electron chi connectivity index (χ0n) is 19.9. The van der Waals surface area contributed by atoms with Crippen LogP contribution in [0, 0.1) is 0 Å². The Kier molecular flexibility index (Phi) is 7.09. The van der Waals surface area contributed by atoms with Gasteiger partial charge in [0.1, 0.15) is 0 Å². The topological polar surface area (TPSA) is 119 Å². The monoisotopic (exact) mass is 508 g/mol. The Bertz CT molecular complexity index is 1570. The molecule has 0 atom stereocenters. The van der Waals surface area contributed by atoms with Crippen LogP contribution in [0.5, 0.6) is 0 Å². The molecule has 8 heteroatoms. The molecule has 5 rings (SSSR count). The van der Waals surface area contributed by atoms with E-state index >= 15 is 0 Å². The third-order valence-electron chi connectivity index (χ3n) is 6.00. The van der Waals surface area contributed by atoms with Crippen molar-refractivity contribution in [2.24, 2.45) is 11.5 Å². The van der Waals surface area contributed by atoms with Crippen LogP contribution in [0.1, 0.15) is 21.5 Å². The maximum absolute atomic E-state index is 12.9. The largest absolute Gasteiger partial charge is 0.326 e. The highest BCUT2D eigenvalue weighted by Gasteiger charge is 2.12. The van der Waals surface area contributed by atoms with Gasteiger partial charge in [0.2, 0.25) is 5.95 Å². The van der Waals surface area contributed by atoms with Gasteiger partial charge in [-0.3, -0.25) is 4.79 Å². The van der Waals surface area contributed by atoms with Crippen molar-refractivity contribution < 1.29 is 4.79 Å². The predicted octanol–water partition coefficient (Wildman–Crippen LogP) is 5.86. The van der Waals surface area contributed by atoms with Crippen LogP contribution in [0.3, 0.4) is 0 Å². The fourth-order valence-electron chi connectivity index (χ4n) is 4.03. The Balaban J connectivity index is 1.38. The number of nitrogens with two attached hydrogens (primary N) is 2. The smallest absolute Gasteiger partial charge is 0.255 e. The average molecular weight is 509 g/mol. The molecule has 0 bridgehead atoms. The molecular weight excluding hydrogens is 484 g/mol. The average Bonchev–Trinajstić information content (AvgIpc) is 2.93. The van der Waals surface area contributed by atoms with Crippen LogP contribution in [-0.4, -0.2) is 15.9 Å². The molecule has 37 heavy (non-hydrogen) atoms. The summed E-state index contributed by atoms with van der Waals surface area (Å²) in [5.41, 5.74) is 17.8. The van der Waals surface area contributed by atoms with Gasteiger partial charge in [0.05, 0.1) is 11.2 Å². The molecule has 0 unspecified atom stereocenters. The fourth-order valence-corrected chi connectivity index (χ4v) is 4.16. The van der Waals surface area contributed by atoms with Gasteiger partial charge in [-0.2, -0.15) is 0 Å². The molecule has 1 heterocycles. The van der Waals surface area contributed by atoms with E-state index < -0.39 is 0 Å². The van der Waals surface area contributed by atoms with E-state index in [9.17, 15) is 4.79 Å². The lowest BCUT2D eigenvalue weighted by Crippen LogP contribution is -2.15. The summed E-state index contributed by atoms with van der Waals surface area (Å²) in [6.07, 6.45) is 0. The molecule has 0 spiro atoms. The lowest BCUT2D eigenvalue weighted by Gasteiger charge is -2.13. The second-order valence-electron chi connectivity index (χ2n) is 8.48. The summed E-state index contributed by atoms with van der Waals surface area (Å²) in [6, 6.07) is 28.2. The summed E-state index contributed by atoms with van der Waals surface area (Å²) in [4.78, 5) is 22.3. The molecule has 184 valence electrons. The van der Waals surface area contributed by atoms with Gasteiger partial charge in [-0.1, -0.05) is 54.1 Å². The third-order valence-corrected chi connectivity index (χ3v) is 6.25. The standard InChI is InChI=1S/C29H25ClN6O/c30-22-11-7-19(8-12-22)27-24-3-1-2-4-25(24)35-29(36-27)33-23-13-9-20(10-14-23)28(37)34-26-15-18(16-31)5-6-21(26)17-32/h1-15H,16-17,31-32H2,(H,34,37)(H,33,35,36). The summed E-state index contributed by atoms with van der Waals surface area (Å²) in [5, 5.41) is 7.80. The first-order chi connectivity index (χ1) is 18.0. The van der Waals surface area contributed by atoms with Crippen LogP contribution in [-0.2, 0) is 13.1 Å². The molecule has 0 aliphatic heterocycles. The van der Waals surface area contributed by atoms with Gasteiger partial charge < -0.3 is 22.1 Å². The summed E-state index contributed by atoms with van der Waals surface area (Å²) < 4.78 is 0. The van der Waals surface area contributed by atoms with Crippen molar-refractivity contribution in [1.82, 2.24) is 9.97 Å². The molecule has 6 N–H and O–H groups in total. The van der Waals surface area contributed by atoms with E-state index in [0.29, 0.717) is 35.3 Å². The molecule has 0 saturated carbocycles. The number of carbonyl (C=O) groups is 1. The molecular formula is C29H25ClN6O. The van der Waals surface area contributed by atoms with Crippen molar-refractivity contribution in [3.8, 4) is 11.3 Å². The maximum atomic E-state index is 12.9. The minimum atomic E-state index is -0.234. The van der Waals surface area contributed by atoms with Crippen LogP contribution in [0.15, 0.2) is 91.0 Å². The van der Waals surface area contributed by atoms with Gasteiger partial charge in [0, 0.05) is 46.0 Å². The second kappa shape index (κ2) is 10.8. The minimum Gasteiger partial charge on any atom is -0.326 e. The van der Waals surface area contributed by atoms with E-state index in [0.717, 1.165) is 39.0 Å². The highest BCUT2D eigenvalue weighted by atomic mass is 35.5. The lowest BCUT2D eigenvalue weighted by atomic mass is 10.1. The van der Waals surface area contributed by atoms with Gasteiger partial charge >= 0.3 is 0 Å². The van der Waals surface area contributed by atoms with E-state index in [-0.39, 0.29) is 5.91 Å². The molecule has 5 aromatic rings. The lowest BCUT2D eigenvalue weighted by molar-refractivity contribution is 0.102. The number of rotatable bonds is 7. The van der Waals surface area contributed by atoms with E-state index in [2.05, 4.69) is 15.6 Å². The molecule has 0 fully saturated rings. The number of hydrogen-bond donors (Lipinski definition) is 4. The van der Waals surface area contributed by atoms with E-state index in [1.54, 1.807) is 12.1 Å². The number of carbonyl (C=O) groups excluding carboxylic acids is 1. The molecule has 0 radical (unpaired) electrons. The van der Waals surface area contributed by atoms with Crippen LogP contribution < -0.4 is 22.1 Å². The predicted molar refractivity (Wildman–Crippen MR) is 150 cm³/mol. The van der Waals surface area contributed by atoms with Crippen molar-refractivity contribution in [1.29, 1.82) is 0 Å². The van der Waals surface area contributed by atoms with Crippen LogP contribution >= 0.6 is 11.6 Å². The van der Waals surface area contributed by atoms with Crippen molar-refractivity contribution >= 4 is 45.7 Å². The van der Waals surface area contributed by atoms with Crippen molar-refractivity contribution in [3.63, 3.8) is 0 Å². The summed E-state index contributed by atoms with van der Waals surface area (Å²) in [7, 11) is 0. The number of amides is 1. The van der Waals surface area contributed by atoms with Crippen molar-refractivity contribution in [2.45, 2.75) is 13.1 Å². The Morgan fingerprint density at radius 2 is 1.59 bits per heavy atom. The first-order valence-electron chi connectivity index (χ1n) is 11.8. The van der Waals surface area contributed by atoms with Crippen LogP contribution in [0.2, 0.25) is 5.02 Å². The number of nitrogens with one attached hydrogen (secondary N) is 2. The van der Waals surface area contributed by atoms with Crippen molar-refractivity contribution in [2.75, 3.05) is 10.6 Å². The van der Waals surface area contributed by atoms with Gasteiger partial charge in [-0.15, -0.1) is 0 Å². The number of fused-ring (bicyclic) bond motifs is 1. The Hall–Kier alpha value is -4.30. The molecule has 0 aliphatic rings. The maximum Gasteiger partial charge on any atom is 0.255 e. The summed E-state index contributed by atoms with van der Waals surface area (Å²) in [6.45, 7) is 0.692. The number of benzene rings is 4. The highest BCUT2D eigenvalue weighted by Crippen LogP contribution is 2.29. The number of hydrogen-bond acceptors (Lipinski definition) is 6. The Morgan fingerprint density at radius 3 is 2.32 bits per heavy atom. The quantitative estimate of drug-likeness (QED) is 0.218. The summed E-state index contributed by atoms with van der Waals surface area (Å²) >= 11 is 6.08. The van der Waals surface area contributed by atoms with Crippen molar-refractivity contribution in [3.05, 3.63) is 113 Å². The first-order valence-corrected chi connectivity index (χ1v) is 12.1. The van der Waals surface area contributed by atoms with E-state index in [1.165, 1.54) is 0 Å². The van der Waals surface area contributed by atoms with Gasteiger partial charge in [-0.25, -0.2) is 9.97 Å². The summed E-state index contributed by atoms with van der Waals surface area (Å²) in [5.74, 6) is 0.217. The van der Waals surface area contributed by atoms with E-state index in [1.807, 2.05) is 78.9 Å². The SMILES string of the molecule is NCc1ccc(CN)c(NC(=O)c2ccc(Nc3nc(-c4ccc(Cl)cc4)c4ccccc4n3)cc2)c1. The molecule has 0 aliphatic carbocycles. The number of halogens is 1. The molecule has 0 saturated heterocycles. The first kappa shape index (κ1) is 24.4. The van der Waals surface area contributed by atoms with Crippen LogP contribution in [0.4, 0.5) is 17.3 Å². The number of anilines is 3. The van der Waals surface area contributed by atoms with E-state index in [4.69, 9.17) is 28.1 Å². The van der Waals surface area contributed by atoms with Gasteiger partial charge in [-0.05, 0) is 59.7 Å². The highest BCUT2D eigenvalue weighted by molar-refractivity contribution is 6.30. The Morgan fingerprint density at radius 1 is 0.838 bits per heavy atom. The number of aromatic nitrogens is 2. The molecule has 1 aromatic heterocycles. The third kappa shape index (κ3) is 5.44. The molecule has 4 aromatic carbocycles. The Labute approximate surface area is 219 Å². The zero-order chi connectivity index (χ0) is 25.8. The second-order valence-corrected chi connectivity index (χ2v) is 8.91. The molecule has 1 amide bonds. The van der Waals surface area contributed by atoms with Crippen LogP contribution in [0.25, 0.3) is 22.2 Å². The fraction of sp³-hybridized carbons (Fsp3) is 0.0690. The minimum absolute atomic E-state index is 0.234.